The second-order valence-electron chi connectivity index (χ2n) is 9.88. The van der Waals surface area contributed by atoms with Crippen LogP contribution < -0.4 is 20.9 Å². The second-order valence-corrected chi connectivity index (χ2v) is 9.88. The summed E-state index contributed by atoms with van der Waals surface area (Å²) < 4.78 is 9.67. The lowest BCUT2D eigenvalue weighted by atomic mass is 9.89. The van der Waals surface area contributed by atoms with Gasteiger partial charge in [-0.15, -0.1) is 0 Å². The Hall–Kier alpha value is -4.18. The van der Waals surface area contributed by atoms with Crippen LogP contribution in [-0.2, 0) is 11.8 Å². The van der Waals surface area contributed by atoms with Crippen molar-refractivity contribution in [2.45, 2.75) is 50.7 Å². The molecule has 0 unspecified atom stereocenters. The number of nitrogens with one attached hydrogen (secondary N) is 2. The van der Waals surface area contributed by atoms with Crippen LogP contribution in [0.15, 0.2) is 53.6 Å². The Bertz CT molecular complexity index is 1570. The summed E-state index contributed by atoms with van der Waals surface area (Å²) in [5.41, 5.74) is 3.12. The molecule has 0 spiro atoms. The average molecular weight is 501 g/mol. The molecule has 10 nitrogen and oxygen atoms in total. The summed E-state index contributed by atoms with van der Waals surface area (Å²) in [6.45, 7) is 1.42. The Morgan fingerprint density at radius 1 is 1.14 bits per heavy atom. The van der Waals surface area contributed by atoms with Gasteiger partial charge in [-0.05, 0) is 61.4 Å². The molecule has 0 saturated heterocycles. The van der Waals surface area contributed by atoms with Crippen molar-refractivity contribution in [2.24, 2.45) is 7.05 Å². The highest BCUT2D eigenvalue weighted by molar-refractivity contribution is 5.87. The molecule has 10 heteroatoms. The summed E-state index contributed by atoms with van der Waals surface area (Å²) in [5, 5.41) is 15.7. The predicted octanol–water partition coefficient (Wildman–Crippen LogP) is 4.20. The minimum Gasteiger partial charge on any atom is -0.457 e. The number of amides is 1. The van der Waals surface area contributed by atoms with Gasteiger partial charge in [-0.25, -0.2) is 9.97 Å². The van der Waals surface area contributed by atoms with Crippen molar-refractivity contribution in [3.05, 3.63) is 64.7 Å². The molecule has 6 rings (SSSR count). The number of rotatable bonds is 7. The molecule has 190 valence electrons. The number of benzene rings is 1. The number of aromatic nitrogens is 4. The molecule has 4 aromatic rings. The lowest BCUT2D eigenvalue weighted by molar-refractivity contribution is -0.114. The minimum atomic E-state index is -0.335. The number of hydrogen-bond acceptors (Lipinski definition) is 7. The average Bonchev–Trinajstić information content (AvgIpc) is 3.64. The molecule has 3 aromatic heterocycles. The van der Waals surface area contributed by atoms with Crippen LogP contribution in [0, 0.1) is 0 Å². The third-order valence-corrected chi connectivity index (χ3v) is 6.96. The monoisotopic (exact) mass is 500 g/mol. The fraction of sp³-hybridized carbons (Fsp3) is 0.333. The van der Waals surface area contributed by atoms with E-state index in [1.54, 1.807) is 22.9 Å². The maximum atomic E-state index is 13.3. The van der Waals surface area contributed by atoms with Crippen molar-refractivity contribution in [3.8, 4) is 11.5 Å². The maximum absolute atomic E-state index is 13.3. The SMILES string of the molecule is CC(=O)Nc1cc(Oc2ccc3nc(Nc4cc(C5CC5)cn([C@H]5C[C@@H](O)C5)c4=O)n(C)c3c2)ccn1. The number of fused-ring (bicyclic) bond motifs is 1. The predicted molar refractivity (Wildman–Crippen MR) is 140 cm³/mol. The Labute approximate surface area is 212 Å². The van der Waals surface area contributed by atoms with Crippen molar-refractivity contribution < 1.29 is 14.6 Å². The van der Waals surface area contributed by atoms with Crippen LogP contribution in [0.5, 0.6) is 11.5 Å². The van der Waals surface area contributed by atoms with E-state index in [0.717, 1.165) is 29.4 Å². The Morgan fingerprint density at radius 3 is 2.65 bits per heavy atom. The third-order valence-electron chi connectivity index (χ3n) is 6.96. The molecule has 2 aliphatic rings. The largest absolute Gasteiger partial charge is 0.457 e. The summed E-state index contributed by atoms with van der Waals surface area (Å²) >= 11 is 0. The Balaban J connectivity index is 1.29. The molecular weight excluding hydrogens is 472 g/mol. The van der Waals surface area contributed by atoms with Crippen molar-refractivity contribution in [2.75, 3.05) is 10.6 Å². The topological polar surface area (TPSA) is 123 Å². The first kappa shape index (κ1) is 23.2. The minimum absolute atomic E-state index is 0.0289. The molecule has 0 radical (unpaired) electrons. The van der Waals surface area contributed by atoms with E-state index in [-0.39, 0.29) is 23.6 Å². The van der Waals surface area contributed by atoms with E-state index in [1.807, 2.05) is 42.1 Å². The first-order valence-corrected chi connectivity index (χ1v) is 12.4. The second kappa shape index (κ2) is 9.04. The van der Waals surface area contributed by atoms with Gasteiger partial charge in [0.05, 0.1) is 17.1 Å². The molecule has 0 aliphatic heterocycles. The zero-order chi connectivity index (χ0) is 25.7. The normalized spacial score (nSPS) is 18.9. The molecule has 1 aromatic carbocycles. The van der Waals surface area contributed by atoms with Crippen LogP contribution in [0.4, 0.5) is 17.5 Å². The van der Waals surface area contributed by atoms with E-state index in [0.29, 0.717) is 47.7 Å². The van der Waals surface area contributed by atoms with Crippen LogP contribution in [0.25, 0.3) is 11.0 Å². The molecule has 2 saturated carbocycles. The van der Waals surface area contributed by atoms with Gasteiger partial charge in [0.15, 0.2) is 0 Å². The molecule has 3 N–H and O–H groups in total. The van der Waals surface area contributed by atoms with E-state index < -0.39 is 0 Å². The van der Waals surface area contributed by atoms with E-state index in [9.17, 15) is 14.7 Å². The zero-order valence-electron chi connectivity index (χ0n) is 20.6. The number of anilines is 3. The van der Waals surface area contributed by atoms with E-state index in [4.69, 9.17) is 9.72 Å². The first-order chi connectivity index (χ1) is 17.8. The highest BCUT2D eigenvalue weighted by atomic mass is 16.5. The number of pyridine rings is 2. The summed E-state index contributed by atoms with van der Waals surface area (Å²) in [4.78, 5) is 33.5. The summed E-state index contributed by atoms with van der Waals surface area (Å²) in [6, 6.07) is 10.9. The van der Waals surface area contributed by atoms with Crippen LogP contribution >= 0.6 is 0 Å². The van der Waals surface area contributed by atoms with Gasteiger partial charge in [-0.1, -0.05) is 0 Å². The lowest BCUT2D eigenvalue weighted by Crippen LogP contribution is -2.37. The van der Waals surface area contributed by atoms with Gasteiger partial charge in [0.2, 0.25) is 11.9 Å². The van der Waals surface area contributed by atoms with E-state index >= 15 is 0 Å². The lowest BCUT2D eigenvalue weighted by Gasteiger charge is -2.33. The summed E-state index contributed by atoms with van der Waals surface area (Å²) in [5.74, 6) is 2.38. The number of hydrogen-bond donors (Lipinski definition) is 3. The van der Waals surface area contributed by atoms with Crippen molar-refractivity contribution in [1.82, 2.24) is 19.1 Å². The van der Waals surface area contributed by atoms with Gasteiger partial charge >= 0.3 is 0 Å². The van der Waals surface area contributed by atoms with Gasteiger partial charge in [-0.2, -0.15) is 0 Å². The van der Waals surface area contributed by atoms with E-state index in [2.05, 4.69) is 15.6 Å². The zero-order valence-corrected chi connectivity index (χ0v) is 20.6. The number of ether oxygens (including phenoxy) is 1. The third kappa shape index (κ3) is 4.67. The van der Waals surface area contributed by atoms with Gasteiger partial charge in [-0.3, -0.25) is 9.59 Å². The number of carbonyl (C=O) groups excluding carboxylic acids is 1. The van der Waals surface area contributed by atoms with Gasteiger partial charge in [0.25, 0.3) is 5.56 Å². The number of aliphatic hydroxyl groups excluding tert-OH is 1. The highest BCUT2D eigenvalue weighted by Crippen LogP contribution is 2.41. The molecule has 37 heavy (non-hydrogen) atoms. The fourth-order valence-electron chi connectivity index (χ4n) is 4.74. The van der Waals surface area contributed by atoms with Gasteiger partial charge < -0.3 is 29.6 Å². The van der Waals surface area contributed by atoms with Crippen LogP contribution in [0.1, 0.15) is 50.1 Å². The van der Waals surface area contributed by atoms with Crippen molar-refractivity contribution >= 4 is 34.4 Å². The number of carbonyl (C=O) groups is 1. The highest BCUT2D eigenvalue weighted by Gasteiger charge is 2.32. The van der Waals surface area contributed by atoms with Gasteiger partial charge in [0.1, 0.15) is 23.0 Å². The Morgan fingerprint density at radius 2 is 1.92 bits per heavy atom. The van der Waals surface area contributed by atoms with Gasteiger partial charge in [0, 0.05) is 44.5 Å². The molecule has 3 heterocycles. The summed E-state index contributed by atoms with van der Waals surface area (Å²) in [6.07, 6.45) is 6.67. The molecular formula is C27H28N6O4. The standard InChI is InChI=1S/C27H28N6O4/c1-15(34)29-25-13-21(7-8-28-25)37-20-5-6-22-24(12-20)32(2)27(30-22)31-23-9-17(16-3-4-16)14-33(26(23)36)18-10-19(35)11-18/h5-9,12-14,16,18-19,35H,3-4,10-11H2,1-2H3,(H,30,31)(H,28,29,34)/t18-,19+. The summed E-state index contributed by atoms with van der Waals surface area (Å²) in [7, 11) is 1.88. The molecule has 2 aliphatic carbocycles. The molecule has 0 bridgehead atoms. The van der Waals surface area contributed by atoms with Crippen LogP contribution in [-0.4, -0.2) is 36.2 Å². The first-order valence-electron chi connectivity index (χ1n) is 12.4. The van der Waals surface area contributed by atoms with E-state index in [1.165, 1.54) is 6.92 Å². The maximum Gasteiger partial charge on any atom is 0.274 e. The molecule has 0 atom stereocenters. The molecule has 2 fully saturated rings. The molecule has 1 amide bonds. The smallest absolute Gasteiger partial charge is 0.274 e. The number of aliphatic hydroxyl groups is 1. The van der Waals surface area contributed by atoms with Crippen molar-refractivity contribution in [1.29, 1.82) is 0 Å². The Kier molecular flexibility index (Phi) is 5.68. The van der Waals surface area contributed by atoms with Crippen LogP contribution in [0.3, 0.4) is 0 Å². The number of aryl methyl sites for hydroxylation is 1. The number of nitrogens with zero attached hydrogens (tertiary/aromatic N) is 4. The van der Waals surface area contributed by atoms with Crippen molar-refractivity contribution in [3.63, 3.8) is 0 Å². The number of imidazole rings is 1. The van der Waals surface area contributed by atoms with Crippen LogP contribution in [0.2, 0.25) is 0 Å². The fourth-order valence-corrected chi connectivity index (χ4v) is 4.74. The quantitative estimate of drug-likeness (QED) is 0.348.